The van der Waals surface area contributed by atoms with E-state index in [1.165, 1.54) is 0 Å². The van der Waals surface area contributed by atoms with Crippen molar-refractivity contribution in [2.45, 2.75) is 32.0 Å². The van der Waals surface area contributed by atoms with E-state index in [-0.39, 0.29) is 12.2 Å². The van der Waals surface area contributed by atoms with Gasteiger partial charge in [0, 0.05) is 24.7 Å². The van der Waals surface area contributed by atoms with Gasteiger partial charge in [-0.3, -0.25) is 0 Å². The van der Waals surface area contributed by atoms with Crippen LogP contribution < -0.4 is 14.8 Å². The minimum atomic E-state index is 0.0474. The average molecular weight is 265 g/mol. The smallest absolute Gasteiger partial charge is 0.128 e. The van der Waals surface area contributed by atoms with Crippen molar-refractivity contribution in [3.8, 4) is 11.5 Å². The quantitative estimate of drug-likeness (QED) is 0.888. The third-order valence-corrected chi connectivity index (χ3v) is 3.46. The highest BCUT2D eigenvalue weighted by Crippen LogP contribution is 2.33. The van der Waals surface area contributed by atoms with Crippen LogP contribution in [-0.4, -0.2) is 33.4 Å². The molecule has 0 aromatic heterocycles. The molecule has 4 heteroatoms. The molecule has 0 spiro atoms. The fourth-order valence-electron chi connectivity index (χ4n) is 2.46. The Balaban J connectivity index is 2.16. The highest BCUT2D eigenvalue weighted by atomic mass is 16.5. The molecule has 0 aliphatic carbocycles. The van der Waals surface area contributed by atoms with Crippen LogP contribution in [0.15, 0.2) is 18.2 Å². The summed E-state index contributed by atoms with van der Waals surface area (Å²) >= 11 is 0. The molecule has 1 aliphatic rings. The highest BCUT2D eigenvalue weighted by Gasteiger charge is 2.25. The number of methoxy groups -OCH3 is 2. The molecule has 2 rings (SSSR count). The lowest BCUT2D eigenvalue weighted by molar-refractivity contribution is -0.0433. The van der Waals surface area contributed by atoms with Gasteiger partial charge < -0.3 is 19.5 Å². The zero-order valence-corrected chi connectivity index (χ0v) is 11.9. The van der Waals surface area contributed by atoms with Crippen molar-refractivity contribution in [1.29, 1.82) is 0 Å². The molecule has 19 heavy (non-hydrogen) atoms. The molecule has 106 valence electrons. The van der Waals surface area contributed by atoms with Gasteiger partial charge in [0.2, 0.25) is 0 Å². The Bertz CT molecular complexity index is 406. The van der Waals surface area contributed by atoms with Crippen LogP contribution in [0.4, 0.5) is 0 Å². The van der Waals surface area contributed by atoms with Gasteiger partial charge in [-0.2, -0.15) is 0 Å². The van der Waals surface area contributed by atoms with Crippen LogP contribution in [-0.2, 0) is 4.74 Å². The second kappa shape index (κ2) is 6.78. The third-order valence-electron chi connectivity index (χ3n) is 3.46. The summed E-state index contributed by atoms with van der Waals surface area (Å²) in [6.07, 6.45) is 2.56. The molecule has 1 aromatic carbocycles. The number of rotatable bonds is 5. The molecule has 1 aromatic rings. The van der Waals surface area contributed by atoms with E-state index in [2.05, 4.69) is 12.2 Å². The van der Waals surface area contributed by atoms with E-state index in [0.717, 1.165) is 43.0 Å². The summed E-state index contributed by atoms with van der Waals surface area (Å²) in [6.45, 7) is 3.94. The Labute approximate surface area is 115 Å². The summed E-state index contributed by atoms with van der Waals surface area (Å²) in [5.74, 6) is 1.62. The molecule has 0 bridgehead atoms. The van der Waals surface area contributed by atoms with E-state index < -0.39 is 0 Å². The van der Waals surface area contributed by atoms with Crippen molar-refractivity contribution in [3.63, 3.8) is 0 Å². The number of nitrogens with one attached hydrogen (secondary N) is 1. The number of benzene rings is 1. The molecule has 1 fully saturated rings. The van der Waals surface area contributed by atoms with Crippen molar-refractivity contribution < 1.29 is 14.2 Å². The van der Waals surface area contributed by atoms with E-state index >= 15 is 0 Å². The van der Waals surface area contributed by atoms with Crippen molar-refractivity contribution in [3.05, 3.63) is 23.8 Å². The molecule has 0 amide bonds. The summed E-state index contributed by atoms with van der Waals surface area (Å²) in [5.41, 5.74) is 1.08. The molecule has 1 saturated heterocycles. The fraction of sp³-hybridized carbons (Fsp3) is 0.600. The van der Waals surface area contributed by atoms with Crippen LogP contribution in [0.1, 0.15) is 31.4 Å². The Morgan fingerprint density at radius 2 is 2.11 bits per heavy atom. The van der Waals surface area contributed by atoms with E-state index in [4.69, 9.17) is 14.2 Å². The van der Waals surface area contributed by atoms with Crippen LogP contribution in [0.3, 0.4) is 0 Å². The molecule has 0 saturated carbocycles. The molecular weight excluding hydrogens is 242 g/mol. The van der Waals surface area contributed by atoms with E-state index in [1.54, 1.807) is 14.2 Å². The van der Waals surface area contributed by atoms with Crippen LogP contribution >= 0.6 is 0 Å². The van der Waals surface area contributed by atoms with Gasteiger partial charge in [0.25, 0.3) is 0 Å². The number of morpholine rings is 1. The summed E-state index contributed by atoms with van der Waals surface area (Å²) in [4.78, 5) is 0. The lowest BCUT2D eigenvalue weighted by Gasteiger charge is -2.31. The normalized spacial score (nSPS) is 23.1. The van der Waals surface area contributed by atoms with Gasteiger partial charge in [0.15, 0.2) is 0 Å². The molecule has 2 unspecified atom stereocenters. The molecule has 2 atom stereocenters. The van der Waals surface area contributed by atoms with Gasteiger partial charge in [0.1, 0.15) is 11.5 Å². The minimum absolute atomic E-state index is 0.0474. The van der Waals surface area contributed by atoms with Gasteiger partial charge in [-0.25, -0.2) is 0 Å². The predicted octanol–water partition coefficient (Wildman–Crippen LogP) is 2.53. The second-order valence-corrected chi connectivity index (χ2v) is 4.80. The maximum atomic E-state index is 6.15. The zero-order valence-electron chi connectivity index (χ0n) is 11.9. The lowest BCUT2D eigenvalue weighted by Crippen LogP contribution is -2.40. The number of hydrogen-bond donors (Lipinski definition) is 1. The zero-order chi connectivity index (χ0) is 13.7. The van der Waals surface area contributed by atoms with Crippen molar-refractivity contribution in [2.75, 3.05) is 27.3 Å². The van der Waals surface area contributed by atoms with Gasteiger partial charge in [-0.05, 0) is 18.6 Å². The average Bonchev–Trinajstić information content (AvgIpc) is 2.47. The lowest BCUT2D eigenvalue weighted by atomic mass is 10.0. The number of hydrogen-bond acceptors (Lipinski definition) is 4. The fourth-order valence-corrected chi connectivity index (χ4v) is 2.46. The minimum Gasteiger partial charge on any atom is -0.497 e. The van der Waals surface area contributed by atoms with Crippen molar-refractivity contribution >= 4 is 0 Å². The van der Waals surface area contributed by atoms with Crippen LogP contribution in [0.2, 0.25) is 0 Å². The standard InChI is InChI=1S/C15H23NO3/c1-4-5-12-9-16-10-15(19-12)13-7-6-11(17-2)8-14(13)18-3/h6-8,12,15-16H,4-5,9-10H2,1-3H3. The third kappa shape index (κ3) is 3.39. The van der Waals surface area contributed by atoms with Crippen LogP contribution in [0, 0.1) is 0 Å². The van der Waals surface area contributed by atoms with Gasteiger partial charge in [0.05, 0.1) is 26.4 Å². The first-order valence-electron chi connectivity index (χ1n) is 6.86. The van der Waals surface area contributed by atoms with Crippen LogP contribution in [0.5, 0.6) is 11.5 Å². The molecule has 0 radical (unpaired) electrons. The van der Waals surface area contributed by atoms with Crippen LogP contribution in [0.25, 0.3) is 0 Å². The number of ether oxygens (including phenoxy) is 3. The van der Waals surface area contributed by atoms with E-state index in [1.807, 2.05) is 18.2 Å². The summed E-state index contributed by atoms with van der Waals surface area (Å²) < 4.78 is 16.8. The van der Waals surface area contributed by atoms with E-state index in [9.17, 15) is 0 Å². The predicted molar refractivity (Wildman–Crippen MR) is 74.9 cm³/mol. The maximum absolute atomic E-state index is 6.15. The van der Waals surface area contributed by atoms with Gasteiger partial charge in [-0.1, -0.05) is 13.3 Å². The second-order valence-electron chi connectivity index (χ2n) is 4.80. The van der Waals surface area contributed by atoms with Crippen molar-refractivity contribution in [1.82, 2.24) is 5.32 Å². The largest absolute Gasteiger partial charge is 0.497 e. The van der Waals surface area contributed by atoms with E-state index in [0.29, 0.717) is 0 Å². The first kappa shape index (κ1) is 14.2. The molecule has 4 nitrogen and oxygen atoms in total. The monoisotopic (exact) mass is 265 g/mol. The van der Waals surface area contributed by atoms with Gasteiger partial charge >= 0.3 is 0 Å². The molecular formula is C15H23NO3. The molecule has 1 N–H and O–H groups in total. The summed E-state index contributed by atoms with van der Waals surface area (Å²) in [7, 11) is 3.34. The maximum Gasteiger partial charge on any atom is 0.128 e. The Kier molecular flexibility index (Phi) is 5.05. The Morgan fingerprint density at radius 3 is 2.79 bits per heavy atom. The molecule has 1 aliphatic heterocycles. The Morgan fingerprint density at radius 1 is 1.26 bits per heavy atom. The van der Waals surface area contributed by atoms with Crippen molar-refractivity contribution in [2.24, 2.45) is 0 Å². The highest BCUT2D eigenvalue weighted by molar-refractivity contribution is 5.42. The first-order valence-corrected chi connectivity index (χ1v) is 6.86. The Hall–Kier alpha value is -1.26. The van der Waals surface area contributed by atoms with Gasteiger partial charge in [-0.15, -0.1) is 0 Å². The summed E-state index contributed by atoms with van der Waals surface area (Å²) in [5, 5.41) is 3.44. The SMILES string of the molecule is CCCC1CNCC(c2ccc(OC)cc2OC)O1. The first-order chi connectivity index (χ1) is 9.28. The topological polar surface area (TPSA) is 39.7 Å². The molecule has 1 heterocycles. The summed E-state index contributed by atoms with van der Waals surface area (Å²) in [6, 6.07) is 5.88.